The molecule has 0 aliphatic carbocycles. The fraction of sp³-hybridized carbons (Fsp3) is 0.750. The number of aliphatic carboxylic acids is 1. The SMILES string of the molecule is CCCCOC(=O)C(CI)NC(=O)CCC(N)C(=O)O. The largest absolute Gasteiger partial charge is 0.480 e. The summed E-state index contributed by atoms with van der Waals surface area (Å²) in [5, 5.41) is 11.1. The molecular formula is C12H21IN2O5. The molecule has 2 atom stereocenters. The Labute approximate surface area is 131 Å². The van der Waals surface area contributed by atoms with Crippen LogP contribution in [0.2, 0.25) is 0 Å². The number of carbonyl (C=O) groups excluding carboxylic acids is 2. The number of unbranched alkanes of at least 4 members (excludes halogenated alkanes) is 1. The molecule has 0 rings (SSSR count). The van der Waals surface area contributed by atoms with Crippen molar-refractivity contribution < 1.29 is 24.2 Å². The minimum Gasteiger partial charge on any atom is -0.480 e. The molecule has 0 bridgehead atoms. The zero-order chi connectivity index (χ0) is 15.5. The lowest BCUT2D eigenvalue weighted by molar-refractivity contribution is -0.147. The number of carbonyl (C=O) groups is 3. The van der Waals surface area contributed by atoms with E-state index in [9.17, 15) is 14.4 Å². The standard InChI is InChI=1S/C12H21IN2O5/c1-2-3-6-20-12(19)9(7-13)15-10(16)5-4-8(14)11(17)18/h8-9H,2-7,14H2,1H3,(H,15,16)(H,17,18). The lowest BCUT2D eigenvalue weighted by Gasteiger charge is -2.15. The fourth-order valence-corrected chi connectivity index (χ4v) is 1.83. The number of esters is 1. The Hall–Kier alpha value is -0.900. The molecule has 0 aromatic carbocycles. The Morgan fingerprint density at radius 2 is 2.05 bits per heavy atom. The Bertz CT molecular complexity index is 338. The molecule has 0 heterocycles. The minimum absolute atomic E-state index is 0.0278. The van der Waals surface area contributed by atoms with Crippen molar-refractivity contribution in [2.24, 2.45) is 5.73 Å². The third kappa shape index (κ3) is 8.31. The topological polar surface area (TPSA) is 119 Å². The normalized spacial score (nSPS) is 13.3. The van der Waals surface area contributed by atoms with Crippen LogP contribution in [-0.4, -0.2) is 46.1 Å². The number of hydrogen-bond acceptors (Lipinski definition) is 5. The molecule has 0 saturated heterocycles. The van der Waals surface area contributed by atoms with E-state index < -0.39 is 29.9 Å². The maximum atomic E-state index is 11.7. The number of carboxylic acids is 1. The molecule has 0 aromatic heterocycles. The van der Waals surface area contributed by atoms with Crippen LogP contribution in [0.25, 0.3) is 0 Å². The monoisotopic (exact) mass is 400 g/mol. The molecule has 0 spiro atoms. The van der Waals surface area contributed by atoms with Crippen molar-refractivity contribution in [1.82, 2.24) is 5.32 Å². The number of halogens is 1. The minimum atomic E-state index is -1.15. The van der Waals surface area contributed by atoms with E-state index >= 15 is 0 Å². The first-order valence-electron chi connectivity index (χ1n) is 6.42. The van der Waals surface area contributed by atoms with Crippen molar-refractivity contribution in [1.29, 1.82) is 0 Å². The number of nitrogens with two attached hydrogens (primary N) is 1. The number of alkyl halides is 1. The first kappa shape index (κ1) is 19.1. The molecule has 8 heteroatoms. The summed E-state index contributed by atoms with van der Waals surface area (Å²) in [5.41, 5.74) is 5.30. The van der Waals surface area contributed by atoms with Crippen molar-refractivity contribution in [3.05, 3.63) is 0 Å². The van der Waals surface area contributed by atoms with E-state index in [0.29, 0.717) is 11.0 Å². The Morgan fingerprint density at radius 3 is 2.55 bits per heavy atom. The van der Waals surface area contributed by atoms with Gasteiger partial charge in [-0.3, -0.25) is 9.59 Å². The van der Waals surface area contributed by atoms with Gasteiger partial charge in [-0.15, -0.1) is 0 Å². The molecule has 0 aliphatic rings. The second-order valence-corrected chi connectivity index (χ2v) is 5.16. The molecule has 0 radical (unpaired) electrons. The van der Waals surface area contributed by atoms with E-state index in [4.69, 9.17) is 15.6 Å². The number of amides is 1. The third-order valence-electron chi connectivity index (χ3n) is 2.52. The third-order valence-corrected chi connectivity index (χ3v) is 3.40. The van der Waals surface area contributed by atoms with Gasteiger partial charge in [-0.25, -0.2) is 4.79 Å². The van der Waals surface area contributed by atoms with Crippen LogP contribution < -0.4 is 11.1 Å². The number of hydrogen-bond donors (Lipinski definition) is 3. The first-order chi connectivity index (χ1) is 9.42. The second kappa shape index (κ2) is 10.8. The first-order valence-corrected chi connectivity index (χ1v) is 7.95. The van der Waals surface area contributed by atoms with E-state index in [0.717, 1.165) is 12.8 Å². The molecule has 2 unspecified atom stereocenters. The molecule has 7 nitrogen and oxygen atoms in total. The van der Waals surface area contributed by atoms with Gasteiger partial charge in [0.1, 0.15) is 12.1 Å². The van der Waals surface area contributed by atoms with Gasteiger partial charge in [-0.1, -0.05) is 35.9 Å². The average Bonchev–Trinajstić information content (AvgIpc) is 2.41. The van der Waals surface area contributed by atoms with Gasteiger partial charge < -0.3 is 20.9 Å². The summed E-state index contributed by atoms with van der Waals surface area (Å²) in [4.78, 5) is 33.8. The lowest BCUT2D eigenvalue weighted by Crippen LogP contribution is -2.43. The van der Waals surface area contributed by atoms with Crippen LogP contribution in [0, 0.1) is 0 Å². The van der Waals surface area contributed by atoms with Gasteiger partial charge in [0.05, 0.1) is 6.61 Å². The molecule has 0 fully saturated rings. The number of rotatable bonds is 10. The van der Waals surface area contributed by atoms with Crippen molar-refractivity contribution in [3.8, 4) is 0 Å². The second-order valence-electron chi connectivity index (χ2n) is 4.28. The Kier molecular flexibility index (Phi) is 10.3. The molecule has 1 amide bonds. The van der Waals surface area contributed by atoms with Crippen LogP contribution >= 0.6 is 22.6 Å². The highest BCUT2D eigenvalue weighted by atomic mass is 127. The molecule has 116 valence electrons. The van der Waals surface area contributed by atoms with Gasteiger partial charge >= 0.3 is 11.9 Å². The molecule has 0 saturated carbocycles. The van der Waals surface area contributed by atoms with Crippen molar-refractivity contribution in [2.75, 3.05) is 11.0 Å². The predicted molar refractivity (Wildman–Crippen MR) is 81.5 cm³/mol. The van der Waals surface area contributed by atoms with Crippen LogP contribution in [0.3, 0.4) is 0 Å². The van der Waals surface area contributed by atoms with Crippen LogP contribution in [-0.2, 0) is 19.1 Å². The molecule has 20 heavy (non-hydrogen) atoms. The van der Waals surface area contributed by atoms with Crippen LogP contribution in [0.5, 0.6) is 0 Å². The summed E-state index contributed by atoms with van der Waals surface area (Å²) >= 11 is 1.98. The van der Waals surface area contributed by atoms with Crippen LogP contribution in [0.1, 0.15) is 32.6 Å². The number of ether oxygens (including phenoxy) is 1. The van der Waals surface area contributed by atoms with Gasteiger partial charge in [-0.05, 0) is 12.8 Å². The van der Waals surface area contributed by atoms with Crippen molar-refractivity contribution in [2.45, 2.75) is 44.7 Å². The van der Waals surface area contributed by atoms with E-state index in [1.54, 1.807) is 0 Å². The Balaban J connectivity index is 4.11. The maximum absolute atomic E-state index is 11.7. The van der Waals surface area contributed by atoms with E-state index in [1.807, 2.05) is 29.5 Å². The van der Waals surface area contributed by atoms with Crippen molar-refractivity contribution >= 4 is 40.4 Å². The summed E-state index contributed by atoms with van der Waals surface area (Å²) in [7, 11) is 0. The van der Waals surface area contributed by atoms with Crippen LogP contribution in [0.4, 0.5) is 0 Å². The summed E-state index contributed by atoms with van der Waals surface area (Å²) < 4.78 is 5.41. The molecule has 0 aliphatic heterocycles. The van der Waals surface area contributed by atoms with E-state index in [1.165, 1.54) is 0 Å². The van der Waals surface area contributed by atoms with Gasteiger partial charge in [0.15, 0.2) is 0 Å². The van der Waals surface area contributed by atoms with Gasteiger partial charge in [0.2, 0.25) is 5.91 Å². The zero-order valence-electron chi connectivity index (χ0n) is 11.4. The van der Waals surface area contributed by atoms with Crippen molar-refractivity contribution in [3.63, 3.8) is 0 Å². The van der Waals surface area contributed by atoms with Gasteiger partial charge in [-0.2, -0.15) is 0 Å². The molecule has 0 aromatic rings. The fourth-order valence-electron chi connectivity index (χ4n) is 1.25. The molecule has 4 N–H and O–H groups in total. The highest BCUT2D eigenvalue weighted by Crippen LogP contribution is 2.00. The zero-order valence-corrected chi connectivity index (χ0v) is 13.6. The molecular weight excluding hydrogens is 379 g/mol. The maximum Gasteiger partial charge on any atom is 0.329 e. The van der Waals surface area contributed by atoms with E-state index in [-0.39, 0.29) is 12.8 Å². The summed E-state index contributed by atoms with van der Waals surface area (Å²) in [6.07, 6.45) is 1.69. The predicted octanol–water partition coefficient (Wildman–Crippen LogP) is 0.442. The smallest absolute Gasteiger partial charge is 0.329 e. The Morgan fingerprint density at radius 1 is 1.40 bits per heavy atom. The number of nitrogens with one attached hydrogen (secondary N) is 1. The van der Waals surface area contributed by atoms with Gasteiger partial charge in [0, 0.05) is 10.8 Å². The van der Waals surface area contributed by atoms with E-state index in [2.05, 4.69) is 5.32 Å². The highest BCUT2D eigenvalue weighted by molar-refractivity contribution is 14.1. The van der Waals surface area contributed by atoms with Crippen LogP contribution in [0.15, 0.2) is 0 Å². The highest BCUT2D eigenvalue weighted by Gasteiger charge is 2.21. The summed E-state index contributed by atoms with van der Waals surface area (Å²) in [6, 6.07) is -1.78. The van der Waals surface area contributed by atoms with Gasteiger partial charge in [0.25, 0.3) is 0 Å². The number of carboxylic acid groups (broad SMARTS) is 1. The quantitative estimate of drug-likeness (QED) is 0.212. The summed E-state index contributed by atoms with van der Waals surface area (Å²) in [5.74, 6) is -2.03. The lowest BCUT2D eigenvalue weighted by atomic mass is 10.1. The summed E-state index contributed by atoms with van der Waals surface area (Å²) in [6.45, 7) is 2.32. The average molecular weight is 400 g/mol.